The quantitative estimate of drug-likeness (QED) is 0.912. The predicted octanol–water partition coefficient (Wildman–Crippen LogP) is 3.37. The van der Waals surface area contributed by atoms with E-state index in [2.05, 4.69) is 5.16 Å². The molecule has 1 aromatic carbocycles. The topological polar surface area (TPSA) is 81.8 Å². The van der Waals surface area contributed by atoms with Crippen molar-refractivity contribution in [1.29, 1.82) is 0 Å². The van der Waals surface area contributed by atoms with Crippen LogP contribution in [0.1, 0.15) is 36.2 Å². The molecule has 1 N–H and O–H groups in total. The van der Waals surface area contributed by atoms with Crippen molar-refractivity contribution >= 4 is 5.97 Å². The molecule has 0 saturated heterocycles. The summed E-state index contributed by atoms with van der Waals surface area (Å²) in [5.41, 5.74) is 0.566. The number of ether oxygens (including phenoxy) is 2. The summed E-state index contributed by atoms with van der Waals surface area (Å²) in [5, 5.41) is 12.4. The van der Waals surface area contributed by atoms with Gasteiger partial charge in [-0.05, 0) is 43.9 Å². The standard InChI is InChI=1S/C16H17NO5/c1-20-15-8-10(14-9-12(16(18)19)17-22-14)6-7-13(15)21-11-4-2-3-5-11/h6-9,11H,2-5H2,1H3,(H,18,19). The molecule has 116 valence electrons. The number of carbonyl (C=O) groups is 1. The van der Waals surface area contributed by atoms with Gasteiger partial charge in [-0.25, -0.2) is 4.79 Å². The van der Waals surface area contributed by atoms with Crippen molar-refractivity contribution in [3.63, 3.8) is 0 Å². The Bertz CT molecular complexity index is 673. The van der Waals surface area contributed by atoms with Gasteiger partial charge in [0.05, 0.1) is 13.2 Å². The molecule has 0 aliphatic heterocycles. The highest BCUT2D eigenvalue weighted by molar-refractivity contribution is 5.86. The normalized spacial score (nSPS) is 15.0. The lowest BCUT2D eigenvalue weighted by Gasteiger charge is -2.16. The number of aromatic carboxylic acids is 1. The Morgan fingerprint density at radius 1 is 1.27 bits per heavy atom. The van der Waals surface area contributed by atoms with Crippen molar-refractivity contribution < 1.29 is 23.9 Å². The van der Waals surface area contributed by atoms with Crippen molar-refractivity contribution in [2.75, 3.05) is 7.11 Å². The molecule has 0 unspecified atom stereocenters. The fourth-order valence-electron chi connectivity index (χ4n) is 2.62. The molecule has 2 aromatic rings. The Kier molecular flexibility index (Phi) is 4.00. The molecule has 0 amide bonds. The highest BCUT2D eigenvalue weighted by Gasteiger charge is 2.19. The third-order valence-corrected chi connectivity index (χ3v) is 3.77. The first-order valence-corrected chi connectivity index (χ1v) is 7.22. The highest BCUT2D eigenvalue weighted by Crippen LogP contribution is 2.35. The first-order valence-electron chi connectivity index (χ1n) is 7.22. The summed E-state index contributed by atoms with van der Waals surface area (Å²) in [6.45, 7) is 0. The Labute approximate surface area is 127 Å². The molecule has 1 saturated carbocycles. The second-order valence-electron chi connectivity index (χ2n) is 5.27. The molecule has 0 radical (unpaired) electrons. The Balaban J connectivity index is 1.85. The van der Waals surface area contributed by atoms with E-state index < -0.39 is 5.97 Å². The van der Waals surface area contributed by atoms with Crippen molar-refractivity contribution in [3.8, 4) is 22.8 Å². The minimum absolute atomic E-state index is 0.125. The zero-order valence-corrected chi connectivity index (χ0v) is 12.2. The highest BCUT2D eigenvalue weighted by atomic mass is 16.5. The Morgan fingerprint density at radius 3 is 2.68 bits per heavy atom. The van der Waals surface area contributed by atoms with E-state index in [0.717, 1.165) is 12.8 Å². The molecular formula is C16H17NO5. The maximum atomic E-state index is 10.8. The third kappa shape index (κ3) is 2.90. The smallest absolute Gasteiger partial charge is 0.358 e. The number of hydrogen-bond donors (Lipinski definition) is 1. The van der Waals surface area contributed by atoms with Gasteiger partial charge in [0.25, 0.3) is 0 Å². The first-order chi connectivity index (χ1) is 10.7. The molecule has 1 aliphatic carbocycles. The lowest BCUT2D eigenvalue weighted by Crippen LogP contribution is -2.11. The van der Waals surface area contributed by atoms with Crippen LogP contribution in [0.25, 0.3) is 11.3 Å². The van der Waals surface area contributed by atoms with Crippen LogP contribution in [0, 0.1) is 0 Å². The number of methoxy groups -OCH3 is 1. The van der Waals surface area contributed by atoms with E-state index in [0.29, 0.717) is 22.8 Å². The number of aromatic nitrogens is 1. The molecule has 1 aromatic heterocycles. The summed E-state index contributed by atoms with van der Waals surface area (Å²) >= 11 is 0. The minimum atomic E-state index is -1.12. The van der Waals surface area contributed by atoms with Gasteiger partial charge in [0.15, 0.2) is 23.0 Å². The van der Waals surface area contributed by atoms with Crippen molar-refractivity contribution in [2.45, 2.75) is 31.8 Å². The molecule has 6 nitrogen and oxygen atoms in total. The molecule has 1 aliphatic rings. The SMILES string of the molecule is COc1cc(-c2cc(C(=O)O)no2)ccc1OC1CCCC1. The van der Waals surface area contributed by atoms with E-state index in [9.17, 15) is 4.79 Å². The zero-order chi connectivity index (χ0) is 15.5. The van der Waals surface area contributed by atoms with Gasteiger partial charge in [-0.3, -0.25) is 0 Å². The molecule has 3 rings (SSSR count). The zero-order valence-electron chi connectivity index (χ0n) is 12.2. The predicted molar refractivity (Wildman–Crippen MR) is 78.3 cm³/mol. The molecule has 1 fully saturated rings. The van der Waals surface area contributed by atoms with E-state index in [-0.39, 0.29) is 11.8 Å². The summed E-state index contributed by atoms with van der Waals surface area (Å²) in [4.78, 5) is 10.8. The van der Waals surface area contributed by atoms with E-state index >= 15 is 0 Å². The largest absolute Gasteiger partial charge is 0.493 e. The second kappa shape index (κ2) is 6.09. The Hall–Kier alpha value is -2.50. The summed E-state index contributed by atoms with van der Waals surface area (Å²) in [6, 6.07) is 6.76. The van der Waals surface area contributed by atoms with E-state index in [1.165, 1.54) is 18.9 Å². The average Bonchev–Trinajstić information content (AvgIpc) is 3.18. The minimum Gasteiger partial charge on any atom is -0.493 e. The molecule has 22 heavy (non-hydrogen) atoms. The Morgan fingerprint density at radius 2 is 2.05 bits per heavy atom. The molecule has 1 heterocycles. The van der Waals surface area contributed by atoms with Gasteiger partial charge in [0.1, 0.15) is 0 Å². The van der Waals surface area contributed by atoms with Gasteiger partial charge in [0.2, 0.25) is 0 Å². The van der Waals surface area contributed by atoms with Gasteiger partial charge >= 0.3 is 5.97 Å². The summed E-state index contributed by atoms with van der Waals surface area (Å²) < 4.78 is 16.4. The number of carboxylic acids is 1. The summed E-state index contributed by atoms with van der Waals surface area (Å²) in [5.74, 6) is 0.542. The van der Waals surface area contributed by atoms with Crippen LogP contribution in [0.5, 0.6) is 11.5 Å². The van der Waals surface area contributed by atoms with Crippen LogP contribution in [0.15, 0.2) is 28.8 Å². The summed E-state index contributed by atoms with van der Waals surface area (Å²) in [7, 11) is 1.57. The van der Waals surface area contributed by atoms with Gasteiger partial charge in [0, 0.05) is 11.6 Å². The van der Waals surface area contributed by atoms with Gasteiger partial charge in [-0.2, -0.15) is 0 Å². The van der Waals surface area contributed by atoms with Crippen LogP contribution in [0.3, 0.4) is 0 Å². The van der Waals surface area contributed by atoms with E-state index in [4.69, 9.17) is 19.1 Å². The number of hydrogen-bond acceptors (Lipinski definition) is 5. The monoisotopic (exact) mass is 303 g/mol. The van der Waals surface area contributed by atoms with Crippen LogP contribution < -0.4 is 9.47 Å². The van der Waals surface area contributed by atoms with E-state index in [1.807, 2.05) is 6.07 Å². The molecule has 0 bridgehead atoms. The number of carboxylic acid groups (broad SMARTS) is 1. The number of benzene rings is 1. The number of nitrogens with zero attached hydrogens (tertiary/aromatic N) is 1. The van der Waals surface area contributed by atoms with Crippen molar-refractivity contribution in [2.24, 2.45) is 0 Å². The lowest BCUT2D eigenvalue weighted by molar-refractivity contribution is 0.0686. The summed E-state index contributed by atoms with van der Waals surface area (Å²) in [6.07, 6.45) is 4.76. The van der Waals surface area contributed by atoms with E-state index in [1.54, 1.807) is 19.2 Å². The van der Waals surface area contributed by atoms with Crippen molar-refractivity contribution in [1.82, 2.24) is 5.16 Å². The molecular weight excluding hydrogens is 286 g/mol. The maximum absolute atomic E-state index is 10.8. The lowest BCUT2D eigenvalue weighted by atomic mass is 10.1. The van der Waals surface area contributed by atoms with Crippen LogP contribution in [-0.2, 0) is 0 Å². The first kappa shape index (κ1) is 14.4. The second-order valence-corrected chi connectivity index (χ2v) is 5.27. The van der Waals surface area contributed by atoms with Crippen LogP contribution in [0.2, 0.25) is 0 Å². The van der Waals surface area contributed by atoms with Crippen LogP contribution >= 0.6 is 0 Å². The van der Waals surface area contributed by atoms with Crippen LogP contribution in [0.4, 0.5) is 0 Å². The van der Waals surface area contributed by atoms with Gasteiger partial charge in [-0.1, -0.05) is 5.16 Å². The average molecular weight is 303 g/mol. The van der Waals surface area contributed by atoms with Crippen molar-refractivity contribution in [3.05, 3.63) is 30.0 Å². The molecule has 0 spiro atoms. The number of rotatable bonds is 5. The fraction of sp³-hybridized carbons (Fsp3) is 0.375. The molecule has 6 heteroatoms. The fourth-order valence-corrected chi connectivity index (χ4v) is 2.62. The van der Waals surface area contributed by atoms with Gasteiger partial charge in [-0.15, -0.1) is 0 Å². The van der Waals surface area contributed by atoms with Crippen LogP contribution in [-0.4, -0.2) is 29.4 Å². The molecule has 0 atom stereocenters. The van der Waals surface area contributed by atoms with Gasteiger partial charge < -0.3 is 19.1 Å². The third-order valence-electron chi connectivity index (χ3n) is 3.77. The maximum Gasteiger partial charge on any atom is 0.358 e.